The topological polar surface area (TPSA) is 72.4 Å². The van der Waals surface area contributed by atoms with E-state index < -0.39 is 0 Å². The third-order valence-corrected chi connectivity index (χ3v) is 7.83. The Labute approximate surface area is 230 Å². The van der Waals surface area contributed by atoms with Crippen molar-refractivity contribution in [3.8, 4) is 16.9 Å². The summed E-state index contributed by atoms with van der Waals surface area (Å²) in [5.41, 5.74) is 5.65. The third-order valence-electron chi connectivity index (χ3n) is 6.49. The lowest BCUT2D eigenvalue weighted by Crippen LogP contribution is -2.19. The number of halogens is 1. The lowest BCUT2D eigenvalue weighted by molar-refractivity contribution is 0.630. The van der Waals surface area contributed by atoms with Gasteiger partial charge in [-0.1, -0.05) is 64.5 Å². The molecule has 0 radical (unpaired) electrons. The van der Waals surface area contributed by atoms with Crippen molar-refractivity contribution >= 4 is 50.1 Å². The van der Waals surface area contributed by atoms with Crippen LogP contribution in [0.4, 0.5) is 5.69 Å². The van der Waals surface area contributed by atoms with Gasteiger partial charge in [-0.15, -0.1) is 11.3 Å². The number of benzene rings is 3. The SMILES string of the molecule is Cc1c(N=c2scc(-c3ccc(Br)cc3)n2N=Cc2c[nH]c3ccccc23)c(=O)n(-c2ccccc2)n1C. The second-order valence-electron chi connectivity index (χ2n) is 8.78. The van der Waals surface area contributed by atoms with Crippen LogP contribution in [0, 0.1) is 6.92 Å². The van der Waals surface area contributed by atoms with E-state index in [1.165, 1.54) is 11.3 Å². The Morgan fingerprint density at radius 3 is 2.50 bits per heavy atom. The van der Waals surface area contributed by atoms with E-state index in [2.05, 4.69) is 27.0 Å². The van der Waals surface area contributed by atoms with Crippen LogP contribution in [0.5, 0.6) is 0 Å². The summed E-state index contributed by atoms with van der Waals surface area (Å²) in [5.74, 6) is 0. The molecule has 0 bridgehead atoms. The maximum absolute atomic E-state index is 13.5. The summed E-state index contributed by atoms with van der Waals surface area (Å²) in [5, 5.41) is 7.96. The molecule has 3 aromatic heterocycles. The number of rotatable bonds is 5. The largest absolute Gasteiger partial charge is 0.361 e. The van der Waals surface area contributed by atoms with Crippen molar-refractivity contribution in [3.63, 3.8) is 0 Å². The van der Waals surface area contributed by atoms with E-state index in [4.69, 9.17) is 10.1 Å². The fourth-order valence-electron chi connectivity index (χ4n) is 4.41. The van der Waals surface area contributed by atoms with Crippen molar-refractivity contribution in [3.05, 3.63) is 121 Å². The number of hydrogen-bond donors (Lipinski definition) is 1. The Morgan fingerprint density at radius 1 is 0.974 bits per heavy atom. The Balaban J connectivity index is 1.53. The van der Waals surface area contributed by atoms with Crippen LogP contribution >= 0.6 is 27.3 Å². The summed E-state index contributed by atoms with van der Waals surface area (Å²) in [6.07, 6.45) is 3.77. The number of fused-ring (bicyclic) bond motifs is 1. The van der Waals surface area contributed by atoms with Gasteiger partial charge in [-0.2, -0.15) is 5.10 Å². The molecule has 0 unspecified atom stereocenters. The van der Waals surface area contributed by atoms with Gasteiger partial charge in [-0.25, -0.2) is 14.4 Å². The van der Waals surface area contributed by atoms with E-state index in [0.29, 0.717) is 10.5 Å². The molecule has 6 aromatic rings. The highest BCUT2D eigenvalue weighted by Crippen LogP contribution is 2.24. The van der Waals surface area contributed by atoms with Crippen LogP contribution in [-0.2, 0) is 7.05 Å². The number of hydrogen-bond acceptors (Lipinski definition) is 4. The molecule has 0 fully saturated rings. The van der Waals surface area contributed by atoms with Crippen LogP contribution in [0.1, 0.15) is 11.3 Å². The van der Waals surface area contributed by atoms with Crippen LogP contribution < -0.4 is 10.4 Å². The molecule has 7 nitrogen and oxygen atoms in total. The summed E-state index contributed by atoms with van der Waals surface area (Å²) in [6, 6.07) is 25.7. The number of nitrogens with zero attached hydrogens (tertiary/aromatic N) is 5. The van der Waals surface area contributed by atoms with Crippen molar-refractivity contribution in [2.45, 2.75) is 6.92 Å². The monoisotopic (exact) mass is 582 g/mol. The Bertz CT molecular complexity index is 1920. The number of para-hydroxylation sites is 2. The molecule has 3 heterocycles. The average Bonchev–Trinajstić information content (AvgIpc) is 3.60. The quantitative estimate of drug-likeness (QED) is 0.235. The highest BCUT2D eigenvalue weighted by molar-refractivity contribution is 9.10. The summed E-state index contributed by atoms with van der Waals surface area (Å²) in [7, 11) is 1.87. The lowest BCUT2D eigenvalue weighted by Gasteiger charge is -2.07. The summed E-state index contributed by atoms with van der Waals surface area (Å²) in [6.45, 7) is 1.91. The normalized spacial score (nSPS) is 12.2. The first kappa shape index (κ1) is 24.1. The molecule has 38 heavy (non-hydrogen) atoms. The fourth-order valence-corrected chi connectivity index (χ4v) is 5.51. The van der Waals surface area contributed by atoms with Crippen LogP contribution in [0.2, 0.25) is 0 Å². The molecule has 0 saturated carbocycles. The molecule has 6 rings (SSSR count). The van der Waals surface area contributed by atoms with Crippen molar-refractivity contribution in [1.29, 1.82) is 0 Å². The van der Waals surface area contributed by atoms with Crippen molar-refractivity contribution in [2.24, 2.45) is 17.1 Å². The predicted molar refractivity (Wildman–Crippen MR) is 158 cm³/mol. The molecule has 0 amide bonds. The van der Waals surface area contributed by atoms with Crippen LogP contribution in [0.3, 0.4) is 0 Å². The minimum atomic E-state index is -0.179. The number of aromatic nitrogens is 4. The van der Waals surface area contributed by atoms with Gasteiger partial charge in [0.1, 0.15) is 0 Å². The lowest BCUT2D eigenvalue weighted by atomic mass is 10.2. The van der Waals surface area contributed by atoms with Gasteiger partial charge in [0, 0.05) is 45.1 Å². The molecule has 0 atom stereocenters. The minimum absolute atomic E-state index is 0.179. The highest BCUT2D eigenvalue weighted by atomic mass is 79.9. The zero-order chi connectivity index (χ0) is 26.2. The zero-order valence-electron chi connectivity index (χ0n) is 20.7. The van der Waals surface area contributed by atoms with Crippen molar-refractivity contribution < 1.29 is 0 Å². The number of nitrogens with one attached hydrogen (secondary N) is 1. The maximum Gasteiger partial charge on any atom is 0.297 e. The van der Waals surface area contributed by atoms with Gasteiger partial charge < -0.3 is 4.98 Å². The first-order chi connectivity index (χ1) is 18.5. The van der Waals surface area contributed by atoms with Crippen molar-refractivity contribution in [1.82, 2.24) is 19.0 Å². The van der Waals surface area contributed by atoms with E-state index in [1.807, 2.05) is 109 Å². The average molecular weight is 584 g/mol. The molecule has 9 heteroatoms. The molecule has 0 spiro atoms. The Morgan fingerprint density at radius 2 is 1.71 bits per heavy atom. The second kappa shape index (κ2) is 9.92. The van der Waals surface area contributed by atoms with Crippen LogP contribution in [0.15, 0.2) is 110 Å². The fraction of sp³-hybridized carbons (Fsp3) is 0.0690. The third kappa shape index (κ3) is 4.29. The Kier molecular flexibility index (Phi) is 6.30. The maximum atomic E-state index is 13.5. The molecule has 0 aliphatic carbocycles. The molecule has 0 aliphatic heterocycles. The molecule has 0 saturated heterocycles. The smallest absolute Gasteiger partial charge is 0.297 e. The Hall–Kier alpha value is -4.21. The second-order valence-corrected chi connectivity index (χ2v) is 10.5. The van der Waals surface area contributed by atoms with Gasteiger partial charge in [-0.3, -0.25) is 9.48 Å². The molecule has 188 valence electrons. The van der Waals surface area contributed by atoms with Gasteiger partial charge in [0.2, 0.25) is 4.80 Å². The predicted octanol–water partition coefficient (Wildman–Crippen LogP) is 6.37. The van der Waals surface area contributed by atoms with Gasteiger partial charge >= 0.3 is 0 Å². The van der Waals surface area contributed by atoms with Gasteiger partial charge in [-0.05, 0) is 37.3 Å². The number of H-pyrrole nitrogens is 1. The highest BCUT2D eigenvalue weighted by Gasteiger charge is 2.17. The van der Waals surface area contributed by atoms with Gasteiger partial charge in [0.05, 0.1) is 23.3 Å². The van der Waals surface area contributed by atoms with E-state index in [0.717, 1.165) is 43.6 Å². The van der Waals surface area contributed by atoms with E-state index in [-0.39, 0.29) is 5.56 Å². The van der Waals surface area contributed by atoms with Gasteiger partial charge in [0.25, 0.3) is 5.56 Å². The first-order valence-electron chi connectivity index (χ1n) is 12.0. The minimum Gasteiger partial charge on any atom is -0.361 e. The standard InChI is InChI=1S/C29H23BrN6OS/c1-19-27(28(37)36(34(19)2)23-8-4-3-5-9-23)33-29-35(26(18-38-29)20-12-14-22(30)15-13-20)32-17-21-16-31-25-11-7-6-10-24(21)25/h3-18,31H,1-2H3. The number of aromatic amines is 1. The van der Waals surface area contributed by atoms with Crippen LogP contribution in [-0.4, -0.2) is 25.2 Å². The zero-order valence-corrected chi connectivity index (χ0v) is 23.1. The number of thiazole rings is 1. The summed E-state index contributed by atoms with van der Waals surface area (Å²) in [4.78, 5) is 22.3. The molecule has 1 N–H and O–H groups in total. The van der Waals surface area contributed by atoms with Crippen LogP contribution in [0.25, 0.3) is 27.8 Å². The first-order valence-corrected chi connectivity index (χ1v) is 13.6. The van der Waals surface area contributed by atoms with E-state index in [9.17, 15) is 4.79 Å². The van der Waals surface area contributed by atoms with Crippen molar-refractivity contribution in [2.75, 3.05) is 0 Å². The molecule has 0 aliphatic rings. The van der Waals surface area contributed by atoms with E-state index >= 15 is 0 Å². The molecular weight excluding hydrogens is 560 g/mol. The molecular formula is C29H23BrN6OS. The summed E-state index contributed by atoms with van der Waals surface area (Å²) < 4.78 is 6.27. The molecule has 3 aromatic carbocycles. The van der Waals surface area contributed by atoms with E-state index in [1.54, 1.807) is 9.36 Å². The van der Waals surface area contributed by atoms with Gasteiger partial charge in [0.15, 0.2) is 5.69 Å². The summed E-state index contributed by atoms with van der Waals surface area (Å²) >= 11 is 4.96.